The lowest BCUT2D eigenvalue weighted by molar-refractivity contribution is 1.29. The number of nitrogens with one attached hydrogen (secondary N) is 1. The van der Waals surface area contributed by atoms with Crippen LogP contribution in [0.15, 0.2) is 90.6 Å². The molecule has 1 aromatic heterocycles. The van der Waals surface area contributed by atoms with Crippen molar-refractivity contribution in [2.24, 2.45) is 0 Å². The third-order valence-electron chi connectivity index (χ3n) is 4.38. The highest BCUT2D eigenvalue weighted by Gasteiger charge is 2.13. The van der Waals surface area contributed by atoms with E-state index in [-0.39, 0.29) is 5.57 Å². The van der Waals surface area contributed by atoms with Crippen LogP contribution in [0, 0.1) is 22.7 Å². The van der Waals surface area contributed by atoms with Gasteiger partial charge in [-0.2, -0.15) is 10.5 Å². The third-order valence-corrected chi connectivity index (χ3v) is 4.38. The summed E-state index contributed by atoms with van der Waals surface area (Å²) in [6, 6.07) is 29.2. The van der Waals surface area contributed by atoms with Gasteiger partial charge in [-0.1, -0.05) is 60.7 Å². The normalized spacial score (nSPS) is 10.0. The van der Waals surface area contributed by atoms with Gasteiger partial charge in [-0.25, -0.2) is 9.97 Å². The van der Waals surface area contributed by atoms with Gasteiger partial charge in [0.1, 0.15) is 17.7 Å². The highest BCUT2D eigenvalue weighted by molar-refractivity contribution is 5.87. The van der Waals surface area contributed by atoms with E-state index in [0.29, 0.717) is 0 Å². The molecule has 0 aliphatic rings. The first kappa shape index (κ1) is 17.9. The molecule has 0 saturated heterocycles. The van der Waals surface area contributed by atoms with E-state index in [1.165, 1.54) is 6.20 Å². The number of aromatic nitrogens is 2. The second-order valence-corrected chi connectivity index (χ2v) is 6.28. The molecular weight excluding hydrogens is 358 g/mol. The van der Waals surface area contributed by atoms with Crippen LogP contribution >= 0.6 is 0 Å². The first-order chi connectivity index (χ1) is 14.3. The fraction of sp³-hybridized carbons (Fsp3) is 0. The minimum Gasteiger partial charge on any atom is -0.360 e. The van der Waals surface area contributed by atoms with Gasteiger partial charge in [0.25, 0.3) is 0 Å². The summed E-state index contributed by atoms with van der Waals surface area (Å²) in [5.74, 6) is 0. The molecule has 5 heteroatoms. The predicted octanol–water partition coefficient (Wildman–Crippen LogP) is 5.31. The maximum atomic E-state index is 8.87. The molecule has 0 aliphatic heterocycles. The summed E-state index contributed by atoms with van der Waals surface area (Å²) >= 11 is 0. The van der Waals surface area contributed by atoms with E-state index in [4.69, 9.17) is 20.5 Å². The van der Waals surface area contributed by atoms with Crippen molar-refractivity contribution in [3.63, 3.8) is 0 Å². The van der Waals surface area contributed by atoms with Gasteiger partial charge in [0, 0.05) is 23.0 Å². The van der Waals surface area contributed by atoms with Crippen molar-refractivity contribution in [2.75, 3.05) is 5.32 Å². The molecule has 136 valence electrons. The van der Waals surface area contributed by atoms with E-state index in [0.717, 1.165) is 39.2 Å². The number of fused-ring (bicyclic) bond motifs is 1. The molecule has 5 nitrogen and oxygen atoms in total. The van der Waals surface area contributed by atoms with Gasteiger partial charge in [0.05, 0.1) is 22.4 Å². The first-order valence-electron chi connectivity index (χ1n) is 8.98. The summed E-state index contributed by atoms with van der Waals surface area (Å²) in [5, 5.41) is 20.7. The van der Waals surface area contributed by atoms with Crippen LogP contribution in [0.25, 0.3) is 33.5 Å². The van der Waals surface area contributed by atoms with E-state index < -0.39 is 0 Å². The van der Waals surface area contributed by atoms with Crippen molar-refractivity contribution < 1.29 is 0 Å². The minimum atomic E-state index is 0.000538. The minimum absolute atomic E-state index is 0.000538. The smallest absolute Gasteiger partial charge is 0.145 e. The van der Waals surface area contributed by atoms with Gasteiger partial charge in [-0.05, 0) is 18.2 Å². The van der Waals surface area contributed by atoms with Crippen LogP contribution < -0.4 is 5.32 Å². The zero-order valence-electron chi connectivity index (χ0n) is 15.4. The number of rotatable bonds is 4. The molecule has 0 saturated carbocycles. The van der Waals surface area contributed by atoms with Crippen LogP contribution in [-0.2, 0) is 0 Å². The molecule has 3 aromatic carbocycles. The summed E-state index contributed by atoms with van der Waals surface area (Å²) in [7, 11) is 0. The van der Waals surface area contributed by atoms with Gasteiger partial charge in [0.15, 0.2) is 0 Å². The van der Waals surface area contributed by atoms with Gasteiger partial charge < -0.3 is 5.32 Å². The number of allylic oxidation sites excluding steroid dienone is 1. The lowest BCUT2D eigenvalue weighted by atomic mass is 10.0. The SMILES string of the molecule is N#CC(C#N)=CNc1ccc2nc(-c3ccccc3)c(-c3ccccc3)nc2c1. The Balaban J connectivity index is 1.86. The Morgan fingerprint density at radius 1 is 0.724 bits per heavy atom. The molecule has 0 amide bonds. The van der Waals surface area contributed by atoms with E-state index in [1.807, 2.05) is 91.0 Å². The molecule has 1 heterocycles. The average Bonchev–Trinajstić information content (AvgIpc) is 2.80. The van der Waals surface area contributed by atoms with Crippen LogP contribution in [0.5, 0.6) is 0 Å². The van der Waals surface area contributed by atoms with Crippen molar-refractivity contribution in [2.45, 2.75) is 0 Å². The fourth-order valence-corrected chi connectivity index (χ4v) is 2.98. The number of benzene rings is 3. The molecule has 0 aliphatic carbocycles. The second kappa shape index (κ2) is 8.04. The number of hydrogen-bond acceptors (Lipinski definition) is 5. The number of nitrogens with zero attached hydrogens (tertiary/aromatic N) is 4. The second-order valence-electron chi connectivity index (χ2n) is 6.28. The highest BCUT2D eigenvalue weighted by atomic mass is 14.9. The fourth-order valence-electron chi connectivity index (χ4n) is 2.98. The zero-order valence-corrected chi connectivity index (χ0v) is 15.4. The molecule has 0 fully saturated rings. The molecule has 0 bridgehead atoms. The molecule has 4 rings (SSSR count). The number of anilines is 1. The lowest BCUT2D eigenvalue weighted by Gasteiger charge is -2.11. The van der Waals surface area contributed by atoms with Gasteiger partial charge in [-0.15, -0.1) is 0 Å². The molecule has 29 heavy (non-hydrogen) atoms. The molecular formula is C24H15N5. The summed E-state index contributed by atoms with van der Waals surface area (Å²) in [6.07, 6.45) is 1.38. The lowest BCUT2D eigenvalue weighted by Crippen LogP contribution is -1.97. The van der Waals surface area contributed by atoms with Crippen molar-refractivity contribution in [1.29, 1.82) is 10.5 Å². The number of nitriles is 2. The average molecular weight is 373 g/mol. The molecule has 0 radical (unpaired) electrons. The van der Waals surface area contributed by atoms with E-state index in [9.17, 15) is 0 Å². The third kappa shape index (κ3) is 3.80. The van der Waals surface area contributed by atoms with E-state index in [1.54, 1.807) is 0 Å². The molecule has 0 spiro atoms. The predicted molar refractivity (Wildman–Crippen MR) is 113 cm³/mol. The van der Waals surface area contributed by atoms with E-state index >= 15 is 0 Å². The van der Waals surface area contributed by atoms with Gasteiger partial charge in [-0.3, -0.25) is 0 Å². The Labute approximate surface area is 168 Å². The van der Waals surface area contributed by atoms with Crippen molar-refractivity contribution in [3.05, 3.63) is 90.6 Å². The van der Waals surface area contributed by atoms with Crippen LogP contribution in [0.3, 0.4) is 0 Å². The largest absolute Gasteiger partial charge is 0.360 e. The van der Waals surface area contributed by atoms with Crippen molar-refractivity contribution >= 4 is 16.7 Å². The summed E-state index contributed by atoms with van der Waals surface area (Å²) in [5.41, 5.74) is 5.81. The number of hydrogen-bond donors (Lipinski definition) is 1. The first-order valence-corrected chi connectivity index (χ1v) is 8.98. The summed E-state index contributed by atoms with van der Waals surface area (Å²) < 4.78 is 0. The summed E-state index contributed by atoms with van der Waals surface area (Å²) in [4.78, 5) is 9.78. The topological polar surface area (TPSA) is 85.4 Å². The standard InChI is InChI=1S/C24H15N5/c25-14-17(15-26)16-27-20-11-12-21-22(13-20)29-24(19-9-5-2-6-10-19)23(28-21)18-7-3-1-4-8-18/h1-13,16,27H. The monoisotopic (exact) mass is 373 g/mol. The quantitative estimate of drug-likeness (QED) is 0.490. The van der Waals surface area contributed by atoms with Crippen LogP contribution in [0.2, 0.25) is 0 Å². The molecule has 0 atom stereocenters. The Bertz CT molecular complexity index is 1260. The Kier molecular flexibility index (Phi) is 4.96. The van der Waals surface area contributed by atoms with Crippen LogP contribution in [0.4, 0.5) is 5.69 Å². The Morgan fingerprint density at radius 3 is 1.83 bits per heavy atom. The zero-order chi connectivity index (χ0) is 20.1. The van der Waals surface area contributed by atoms with E-state index in [2.05, 4.69) is 5.32 Å². The summed E-state index contributed by atoms with van der Waals surface area (Å²) in [6.45, 7) is 0. The maximum absolute atomic E-state index is 8.87. The van der Waals surface area contributed by atoms with Crippen molar-refractivity contribution in [3.8, 4) is 34.7 Å². The van der Waals surface area contributed by atoms with Crippen LogP contribution in [-0.4, -0.2) is 9.97 Å². The van der Waals surface area contributed by atoms with Crippen molar-refractivity contribution in [1.82, 2.24) is 9.97 Å². The Morgan fingerprint density at radius 2 is 1.28 bits per heavy atom. The van der Waals surface area contributed by atoms with Gasteiger partial charge in [0.2, 0.25) is 0 Å². The van der Waals surface area contributed by atoms with Gasteiger partial charge >= 0.3 is 0 Å². The molecule has 4 aromatic rings. The maximum Gasteiger partial charge on any atom is 0.145 e. The Hall–Kier alpha value is -4.48. The van der Waals surface area contributed by atoms with Crippen LogP contribution in [0.1, 0.15) is 0 Å². The molecule has 0 unspecified atom stereocenters. The molecule has 1 N–H and O–H groups in total. The highest BCUT2D eigenvalue weighted by Crippen LogP contribution is 2.31.